The van der Waals surface area contributed by atoms with Gasteiger partial charge in [0, 0.05) is 36.1 Å². The molecule has 1 fully saturated rings. The Bertz CT molecular complexity index is 1460. The van der Waals surface area contributed by atoms with Crippen molar-refractivity contribution in [2.24, 2.45) is 0 Å². The largest absolute Gasteiger partial charge is 0.371 e. The zero-order valence-corrected chi connectivity index (χ0v) is 20.0. The van der Waals surface area contributed by atoms with Crippen molar-refractivity contribution < 1.29 is 14.0 Å². The SMILES string of the molecule is N#Cc1ccc(C(Nc2ccc(N3CCCC3=O)cc2)C(=O)c2sncc2-c2ccccc2)cc1F. The van der Waals surface area contributed by atoms with E-state index in [0.717, 1.165) is 29.2 Å². The number of aromatic nitrogens is 1. The number of halogens is 1. The summed E-state index contributed by atoms with van der Waals surface area (Å²) in [5.41, 5.74) is 3.30. The summed E-state index contributed by atoms with van der Waals surface area (Å²) in [6.07, 6.45) is 3.03. The van der Waals surface area contributed by atoms with Crippen LogP contribution in [0.1, 0.15) is 39.7 Å². The molecule has 0 saturated carbocycles. The molecule has 2 heterocycles. The fourth-order valence-electron chi connectivity index (χ4n) is 4.30. The van der Waals surface area contributed by atoms with Crippen molar-refractivity contribution in [3.05, 3.63) is 101 Å². The van der Waals surface area contributed by atoms with Gasteiger partial charge >= 0.3 is 0 Å². The number of nitrogens with zero attached hydrogens (tertiary/aromatic N) is 3. The molecule has 0 spiro atoms. The monoisotopic (exact) mass is 496 g/mol. The predicted molar refractivity (Wildman–Crippen MR) is 137 cm³/mol. The molecule has 1 aromatic heterocycles. The van der Waals surface area contributed by atoms with Crippen LogP contribution in [0.4, 0.5) is 15.8 Å². The van der Waals surface area contributed by atoms with Crippen LogP contribution in [0.15, 0.2) is 79.0 Å². The van der Waals surface area contributed by atoms with Crippen LogP contribution in [-0.2, 0) is 4.79 Å². The minimum Gasteiger partial charge on any atom is -0.371 e. The van der Waals surface area contributed by atoms with Crippen molar-refractivity contribution in [1.82, 2.24) is 4.37 Å². The van der Waals surface area contributed by atoms with Gasteiger partial charge in [0.25, 0.3) is 0 Å². The summed E-state index contributed by atoms with van der Waals surface area (Å²) in [4.78, 5) is 28.1. The van der Waals surface area contributed by atoms with Crippen molar-refractivity contribution in [3.63, 3.8) is 0 Å². The normalized spacial score (nSPS) is 13.9. The maximum absolute atomic E-state index is 14.6. The quantitative estimate of drug-likeness (QED) is 0.318. The Kier molecular flexibility index (Phi) is 6.56. The molecule has 3 aromatic carbocycles. The van der Waals surface area contributed by atoms with Crippen molar-refractivity contribution in [2.75, 3.05) is 16.8 Å². The van der Waals surface area contributed by atoms with E-state index in [0.29, 0.717) is 34.7 Å². The molecule has 6 nitrogen and oxygen atoms in total. The van der Waals surface area contributed by atoms with Crippen LogP contribution in [0.25, 0.3) is 11.1 Å². The number of benzene rings is 3. The highest BCUT2D eigenvalue weighted by Crippen LogP contribution is 2.33. The molecule has 0 radical (unpaired) electrons. The maximum atomic E-state index is 14.6. The summed E-state index contributed by atoms with van der Waals surface area (Å²) < 4.78 is 18.8. The Labute approximate surface area is 211 Å². The molecule has 1 aliphatic rings. The molecular formula is C28H21FN4O2S. The van der Waals surface area contributed by atoms with Gasteiger partial charge in [-0.15, -0.1) is 0 Å². The standard InChI is InChI=1S/C28H21FN4O2S/c29-24-15-19(8-9-20(24)16-30)26(27(35)28-23(17-31-36-28)18-5-2-1-3-6-18)32-21-10-12-22(13-11-21)33-14-4-7-25(33)34/h1-3,5-6,8-13,15,17,26,32H,4,7,14H2. The average Bonchev–Trinajstić information content (AvgIpc) is 3.57. The number of anilines is 2. The van der Waals surface area contributed by atoms with Crippen LogP contribution in [0.2, 0.25) is 0 Å². The Morgan fingerprint density at radius 2 is 1.89 bits per heavy atom. The van der Waals surface area contributed by atoms with E-state index < -0.39 is 11.9 Å². The number of amides is 1. The van der Waals surface area contributed by atoms with Gasteiger partial charge in [-0.05, 0) is 65.5 Å². The van der Waals surface area contributed by atoms with Gasteiger partial charge in [0.05, 0.1) is 5.56 Å². The summed E-state index contributed by atoms with van der Waals surface area (Å²) in [5, 5.41) is 12.4. The second-order valence-corrected chi connectivity index (χ2v) is 9.22. The van der Waals surface area contributed by atoms with E-state index in [1.165, 1.54) is 12.1 Å². The number of Topliss-reactive ketones (excluding diaryl/α,β-unsaturated/α-hetero) is 1. The highest BCUT2D eigenvalue weighted by atomic mass is 32.1. The van der Waals surface area contributed by atoms with E-state index >= 15 is 0 Å². The first-order valence-corrected chi connectivity index (χ1v) is 12.2. The fourth-order valence-corrected chi connectivity index (χ4v) is 5.04. The van der Waals surface area contributed by atoms with E-state index in [1.807, 2.05) is 48.5 Å². The van der Waals surface area contributed by atoms with Crippen molar-refractivity contribution in [3.8, 4) is 17.2 Å². The number of ketones is 1. The number of nitrogens with one attached hydrogen (secondary N) is 1. The van der Waals surface area contributed by atoms with E-state index in [9.17, 15) is 14.0 Å². The third-order valence-corrected chi connectivity index (χ3v) is 6.97. The van der Waals surface area contributed by atoms with E-state index in [2.05, 4.69) is 9.69 Å². The first kappa shape index (κ1) is 23.4. The molecule has 1 saturated heterocycles. The Balaban J connectivity index is 1.50. The number of nitriles is 1. The van der Waals surface area contributed by atoms with Crippen LogP contribution in [0, 0.1) is 17.1 Å². The fraction of sp³-hybridized carbons (Fsp3) is 0.143. The van der Waals surface area contributed by atoms with Gasteiger partial charge in [0.1, 0.15) is 22.8 Å². The lowest BCUT2D eigenvalue weighted by molar-refractivity contribution is -0.117. The number of hydrogen-bond donors (Lipinski definition) is 1. The van der Waals surface area contributed by atoms with Crippen LogP contribution in [0.5, 0.6) is 0 Å². The molecule has 5 rings (SSSR count). The molecule has 178 valence electrons. The molecule has 1 aliphatic heterocycles. The average molecular weight is 497 g/mol. The lowest BCUT2D eigenvalue weighted by Gasteiger charge is -2.21. The lowest BCUT2D eigenvalue weighted by Crippen LogP contribution is -2.24. The van der Waals surface area contributed by atoms with Crippen LogP contribution in [0.3, 0.4) is 0 Å². The first-order valence-electron chi connectivity index (χ1n) is 11.5. The summed E-state index contributed by atoms with van der Waals surface area (Å²) in [6, 6.07) is 21.8. The van der Waals surface area contributed by atoms with Crippen molar-refractivity contribution in [1.29, 1.82) is 5.26 Å². The Hall–Kier alpha value is -4.35. The number of carbonyl (C=O) groups excluding carboxylic acids is 2. The zero-order chi connectivity index (χ0) is 25.1. The number of rotatable bonds is 7. The van der Waals surface area contributed by atoms with E-state index in [4.69, 9.17) is 5.26 Å². The molecule has 1 atom stereocenters. The second-order valence-electron chi connectivity index (χ2n) is 8.42. The van der Waals surface area contributed by atoms with Crippen molar-refractivity contribution >= 4 is 34.6 Å². The highest BCUT2D eigenvalue weighted by Gasteiger charge is 2.28. The molecule has 36 heavy (non-hydrogen) atoms. The van der Waals surface area contributed by atoms with Crippen molar-refractivity contribution in [2.45, 2.75) is 18.9 Å². The topological polar surface area (TPSA) is 86.1 Å². The number of hydrogen-bond acceptors (Lipinski definition) is 6. The van der Waals surface area contributed by atoms with E-state index in [1.54, 1.807) is 29.3 Å². The van der Waals surface area contributed by atoms with Gasteiger partial charge in [-0.3, -0.25) is 9.59 Å². The minimum absolute atomic E-state index is 0.0904. The van der Waals surface area contributed by atoms with Gasteiger partial charge in [-0.1, -0.05) is 36.4 Å². The highest BCUT2D eigenvalue weighted by molar-refractivity contribution is 7.08. The summed E-state index contributed by atoms with van der Waals surface area (Å²) in [5.74, 6) is -0.861. The third-order valence-electron chi connectivity index (χ3n) is 6.15. The molecule has 0 bridgehead atoms. The summed E-state index contributed by atoms with van der Waals surface area (Å²) in [6.45, 7) is 0.685. The molecular weight excluding hydrogens is 475 g/mol. The summed E-state index contributed by atoms with van der Waals surface area (Å²) >= 11 is 1.09. The first-order chi connectivity index (χ1) is 17.5. The van der Waals surface area contributed by atoms with Gasteiger partial charge < -0.3 is 10.2 Å². The van der Waals surface area contributed by atoms with Crippen LogP contribution in [-0.4, -0.2) is 22.6 Å². The van der Waals surface area contributed by atoms with Crippen LogP contribution >= 0.6 is 11.5 Å². The van der Waals surface area contributed by atoms with Gasteiger partial charge in [-0.2, -0.15) is 9.64 Å². The predicted octanol–water partition coefficient (Wildman–Crippen LogP) is 5.98. The Morgan fingerprint density at radius 3 is 2.56 bits per heavy atom. The van der Waals surface area contributed by atoms with Gasteiger partial charge in [0.2, 0.25) is 11.7 Å². The third kappa shape index (κ3) is 4.61. The molecule has 1 amide bonds. The minimum atomic E-state index is -0.922. The lowest BCUT2D eigenvalue weighted by atomic mass is 9.96. The van der Waals surface area contributed by atoms with Gasteiger partial charge in [0.15, 0.2) is 0 Å². The molecule has 8 heteroatoms. The zero-order valence-electron chi connectivity index (χ0n) is 19.1. The smallest absolute Gasteiger partial charge is 0.227 e. The second kappa shape index (κ2) is 10.1. The molecule has 1 unspecified atom stereocenters. The Morgan fingerprint density at radius 1 is 1.11 bits per heavy atom. The molecule has 0 aliphatic carbocycles. The maximum Gasteiger partial charge on any atom is 0.227 e. The van der Waals surface area contributed by atoms with E-state index in [-0.39, 0.29) is 17.3 Å². The molecule has 4 aromatic rings. The van der Waals surface area contributed by atoms with Crippen LogP contribution < -0.4 is 10.2 Å². The summed E-state index contributed by atoms with van der Waals surface area (Å²) in [7, 11) is 0. The molecule has 1 N–H and O–H groups in total. The number of carbonyl (C=O) groups is 2. The van der Waals surface area contributed by atoms with Gasteiger partial charge in [-0.25, -0.2) is 4.39 Å².